The van der Waals surface area contributed by atoms with Gasteiger partial charge in [-0.3, -0.25) is 4.72 Å². The predicted octanol–water partition coefficient (Wildman–Crippen LogP) is 3.68. The average Bonchev–Trinajstić information content (AvgIpc) is 3.29. The summed E-state index contributed by atoms with van der Waals surface area (Å²) >= 11 is 0. The quantitative estimate of drug-likeness (QED) is 0.651. The van der Waals surface area contributed by atoms with Crippen molar-refractivity contribution in [3.63, 3.8) is 0 Å². The van der Waals surface area contributed by atoms with Gasteiger partial charge in [-0.05, 0) is 57.4 Å². The van der Waals surface area contributed by atoms with Crippen LogP contribution in [0.5, 0.6) is 5.75 Å². The van der Waals surface area contributed by atoms with E-state index in [1.807, 2.05) is 6.92 Å². The first-order valence-corrected chi connectivity index (χ1v) is 10.5. The van der Waals surface area contributed by atoms with E-state index in [9.17, 15) is 8.42 Å². The van der Waals surface area contributed by atoms with Crippen molar-refractivity contribution in [2.45, 2.75) is 44.4 Å². The molecule has 0 atom stereocenters. The number of anilines is 1. The average molecular weight is 402 g/mol. The van der Waals surface area contributed by atoms with Gasteiger partial charge in [0.1, 0.15) is 10.6 Å². The molecule has 1 aliphatic carbocycles. The molecule has 0 unspecified atom stereocenters. The van der Waals surface area contributed by atoms with Crippen LogP contribution in [0.25, 0.3) is 11.5 Å². The van der Waals surface area contributed by atoms with Crippen LogP contribution >= 0.6 is 0 Å². The van der Waals surface area contributed by atoms with Crippen LogP contribution in [-0.4, -0.2) is 30.7 Å². The van der Waals surface area contributed by atoms with E-state index in [2.05, 4.69) is 19.8 Å². The Morgan fingerprint density at radius 3 is 2.61 bits per heavy atom. The van der Waals surface area contributed by atoms with Gasteiger partial charge < -0.3 is 14.2 Å². The molecule has 2 aromatic heterocycles. The second-order valence-corrected chi connectivity index (χ2v) is 8.72. The molecule has 1 aliphatic rings. The number of aryl methyl sites for hydroxylation is 3. The Hall–Kier alpha value is -2.81. The maximum absolute atomic E-state index is 13.2. The Balaban J connectivity index is 1.75. The van der Waals surface area contributed by atoms with Gasteiger partial charge in [0.25, 0.3) is 15.9 Å². The zero-order valence-corrected chi connectivity index (χ0v) is 17.0. The minimum atomic E-state index is -3.89. The highest BCUT2D eigenvalue weighted by Gasteiger charge is 2.33. The van der Waals surface area contributed by atoms with E-state index in [0.717, 1.165) is 18.4 Å². The fourth-order valence-electron chi connectivity index (χ4n) is 3.27. The normalized spacial score (nSPS) is 14.3. The fraction of sp³-hybridized carbons (Fsp3) is 0.368. The SMILES string of the molecule is COc1ccc(NS(=O)(=O)c2c(C)[nH]c(C)c2-c2nc(C3CC3)no2)c(C)c1. The van der Waals surface area contributed by atoms with E-state index in [4.69, 9.17) is 9.26 Å². The number of hydrogen-bond donors (Lipinski definition) is 2. The highest BCUT2D eigenvalue weighted by Crippen LogP contribution is 2.40. The summed E-state index contributed by atoms with van der Waals surface area (Å²) in [6.45, 7) is 5.32. The molecule has 1 saturated carbocycles. The summed E-state index contributed by atoms with van der Waals surface area (Å²) in [5.74, 6) is 1.83. The van der Waals surface area contributed by atoms with Crippen molar-refractivity contribution in [3.05, 3.63) is 41.0 Å². The lowest BCUT2D eigenvalue weighted by Gasteiger charge is -2.12. The molecule has 9 heteroatoms. The number of hydrogen-bond acceptors (Lipinski definition) is 6. The predicted molar refractivity (Wildman–Crippen MR) is 104 cm³/mol. The second kappa shape index (κ2) is 6.66. The Bertz CT molecular complexity index is 1140. The first-order chi connectivity index (χ1) is 13.3. The Morgan fingerprint density at radius 2 is 1.96 bits per heavy atom. The van der Waals surface area contributed by atoms with E-state index in [-0.39, 0.29) is 10.8 Å². The standard InChI is InChI=1S/C19H22N4O4S/c1-10-9-14(26-4)7-8-15(10)23-28(24,25)17-12(3)20-11(2)16(17)19-21-18(22-27-19)13-5-6-13/h7-9,13,20,23H,5-6H2,1-4H3. The molecule has 0 saturated heterocycles. The molecule has 2 N–H and O–H groups in total. The molecule has 0 bridgehead atoms. The van der Waals surface area contributed by atoms with Crippen molar-refractivity contribution in [1.82, 2.24) is 15.1 Å². The first kappa shape index (κ1) is 18.5. The minimum absolute atomic E-state index is 0.117. The summed E-state index contributed by atoms with van der Waals surface area (Å²) < 4.78 is 39.7. The number of rotatable bonds is 6. The van der Waals surface area contributed by atoms with Crippen LogP contribution in [-0.2, 0) is 10.0 Å². The molecule has 148 valence electrons. The van der Waals surface area contributed by atoms with Gasteiger partial charge in [-0.15, -0.1) is 0 Å². The van der Waals surface area contributed by atoms with E-state index >= 15 is 0 Å². The molecule has 28 heavy (non-hydrogen) atoms. The van der Waals surface area contributed by atoms with Crippen LogP contribution in [0.4, 0.5) is 5.69 Å². The monoisotopic (exact) mass is 402 g/mol. The van der Waals surface area contributed by atoms with Crippen LogP contribution in [0, 0.1) is 20.8 Å². The topological polar surface area (TPSA) is 110 Å². The zero-order chi connectivity index (χ0) is 20.1. The number of ether oxygens (including phenoxy) is 1. The van der Waals surface area contributed by atoms with E-state index in [0.29, 0.717) is 40.1 Å². The van der Waals surface area contributed by atoms with Crippen molar-refractivity contribution in [1.29, 1.82) is 0 Å². The number of benzene rings is 1. The molecule has 3 aromatic rings. The smallest absolute Gasteiger partial charge is 0.264 e. The van der Waals surface area contributed by atoms with Gasteiger partial charge in [-0.2, -0.15) is 4.98 Å². The summed E-state index contributed by atoms with van der Waals surface area (Å²) in [6.07, 6.45) is 2.07. The number of methoxy groups -OCH3 is 1. The minimum Gasteiger partial charge on any atom is -0.497 e. The molecule has 1 fully saturated rings. The van der Waals surface area contributed by atoms with Gasteiger partial charge in [-0.25, -0.2) is 8.42 Å². The van der Waals surface area contributed by atoms with Crippen LogP contribution in [0.3, 0.4) is 0 Å². The van der Waals surface area contributed by atoms with Crippen LogP contribution in [0.2, 0.25) is 0 Å². The van der Waals surface area contributed by atoms with Crippen LogP contribution in [0.1, 0.15) is 41.5 Å². The molecule has 2 heterocycles. The molecule has 0 amide bonds. The summed E-state index contributed by atoms with van der Waals surface area (Å²) in [5, 5.41) is 4.02. The maximum Gasteiger partial charge on any atom is 0.264 e. The molecule has 0 spiro atoms. The number of nitrogens with zero attached hydrogens (tertiary/aromatic N) is 2. The largest absolute Gasteiger partial charge is 0.497 e. The number of aromatic amines is 1. The Kier molecular flexibility index (Phi) is 4.41. The van der Waals surface area contributed by atoms with Crippen molar-refractivity contribution in [3.8, 4) is 17.2 Å². The molecule has 8 nitrogen and oxygen atoms in total. The van der Waals surface area contributed by atoms with Gasteiger partial charge >= 0.3 is 0 Å². The van der Waals surface area contributed by atoms with Gasteiger partial charge in [-0.1, -0.05) is 5.16 Å². The highest BCUT2D eigenvalue weighted by molar-refractivity contribution is 7.93. The molecule has 0 radical (unpaired) electrons. The number of nitrogens with one attached hydrogen (secondary N) is 2. The third-order valence-corrected chi connectivity index (χ3v) is 6.40. The van der Waals surface area contributed by atoms with E-state index < -0.39 is 10.0 Å². The highest BCUT2D eigenvalue weighted by atomic mass is 32.2. The van der Waals surface area contributed by atoms with Crippen molar-refractivity contribution in [2.75, 3.05) is 11.8 Å². The Labute approximate surface area is 163 Å². The van der Waals surface area contributed by atoms with Gasteiger partial charge in [0.15, 0.2) is 5.82 Å². The van der Waals surface area contributed by atoms with Crippen LogP contribution in [0.15, 0.2) is 27.6 Å². The zero-order valence-electron chi connectivity index (χ0n) is 16.2. The summed E-state index contributed by atoms with van der Waals surface area (Å²) in [4.78, 5) is 7.63. The van der Waals surface area contributed by atoms with Gasteiger partial charge in [0.2, 0.25) is 0 Å². The molecule has 0 aliphatic heterocycles. The van der Waals surface area contributed by atoms with Gasteiger partial charge in [0.05, 0.1) is 18.4 Å². The van der Waals surface area contributed by atoms with Gasteiger partial charge in [0, 0.05) is 17.3 Å². The molecule has 1 aromatic carbocycles. The first-order valence-electron chi connectivity index (χ1n) is 9.00. The van der Waals surface area contributed by atoms with Crippen molar-refractivity contribution in [2.24, 2.45) is 0 Å². The number of aromatic nitrogens is 3. The lowest BCUT2D eigenvalue weighted by molar-refractivity contribution is 0.414. The lowest BCUT2D eigenvalue weighted by atomic mass is 10.2. The third-order valence-electron chi connectivity index (χ3n) is 4.86. The molecule has 4 rings (SSSR count). The third kappa shape index (κ3) is 3.26. The van der Waals surface area contributed by atoms with E-state index in [1.165, 1.54) is 0 Å². The lowest BCUT2D eigenvalue weighted by Crippen LogP contribution is -2.15. The van der Waals surface area contributed by atoms with E-state index in [1.54, 1.807) is 39.2 Å². The van der Waals surface area contributed by atoms with Crippen molar-refractivity contribution >= 4 is 15.7 Å². The molecular weight excluding hydrogens is 380 g/mol. The fourth-order valence-corrected chi connectivity index (χ4v) is 4.85. The maximum atomic E-state index is 13.2. The summed E-state index contributed by atoms with van der Waals surface area (Å²) in [6, 6.07) is 5.16. The number of sulfonamides is 1. The second-order valence-electron chi connectivity index (χ2n) is 7.10. The Morgan fingerprint density at radius 1 is 1.21 bits per heavy atom. The summed E-state index contributed by atoms with van der Waals surface area (Å²) in [7, 11) is -2.32. The van der Waals surface area contributed by atoms with Crippen LogP contribution < -0.4 is 9.46 Å². The molecular formula is C19H22N4O4S. The number of H-pyrrole nitrogens is 1. The van der Waals surface area contributed by atoms with Crippen molar-refractivity contribution < 1.29 is 17.7 Å². The summed E-state index contributed by atoms with van der Waals surface area (Å²) in [5.41, 5.74) is 2.82.